The first kappa shape index (κ1) is 12.1. The van der Waals surface area contributed by atoms with E-state index in [-0.39, 0.29) is 5.60 Å². The highest BCUT2D eigenvalue weighted by atomic mass is 16.5. The summed E-state index contributed by atoms with van der Waals surface area (Å²) in [6, 6.07) is 8.39. The molecular weight excluding hydrogens is 186 g/mol. The summed E-state index contributed by atoms with van der Waals surface area (Å²) in [5.41, 5.74) is 2.39. The van der Waals surface area contributed by atoms with Gasteiger partial charge in [-0.2, -0.15) is 0 Å². The van der Waals surface area contributed by atoms with Crippen molar-refractivity contribution >= 4 is 5.69 Å². The lowest BCUT2D eigenvalue weighted by atomic mass is 10.2. The fourth-order valence-electron chi connectivity index (χ4n) is 1.22. The molecule has 1 rings (SSSR count). The Morgan fingerprint density at radius 3 is 2.27 bits per heavy atom. The van der Waals surface area contributed by atoms with E-state index < -0.39 is 0 Å². The predicted molar refractivity (Wildman–Crippen MR) is 65.4 cm³/mol. The van der Waals surface area contributed by atoms with Crippen molar-refractivity contribution in [2.75, 3.05) is 18.5 Å². The predicted octanol–water partition coefficient (Wildman–Crippen LogP) is 3.22. The third kappa shape index (κ3) is 5.43. The normalized spacial score (nSPS) is 11.5. The highest BCUT2D eigenvalue weighted by molar-refractivity contribution is 5.44. The molecule has 1 N–H and O–H groups in total. The number of nitrogens with one attached hydrogen (secondary N) is 1. The Kier molecular flexibility index (Phi) is 4.15. The fourth-order valence-corrected chi connectivity index (χ4v) is 1.22. The molecule has 0 aliphatic rings. The Bertz CT molecular complexity index is 284. The number of anilines is 1. The number of rotatable bonds is 4. The van der Waals surface area contributed by atoms with Crippen LogP contribution in [0.4, 0.5) is 5.69 Å². The summed E-state index contributed by atoms with van der Waals surface area (Å²) in [4.78, 5) is 0. The van der Waals surface area contributed by atoms with E-state index in [4.69, 9.17) is 4.74 Å². The van der Waals surface area contributed by atoms with E-state index in [1.165, 1.54) is 5.56 Å². The van der Waals surface area contributed by atoms with Crippen molar-refractivity contribution in [2.45, 2.75) is 33.3 Å². The molecule has 0 amide bonds. The lowest BCUT2D eigenvalue weighted by molar-refractivity contribution is 0.00333. The molecule has 1 aromatic rings. The SMILES string of the molecule is Cc1ccc(NCCOC(C)(C)C)cc1. The van der Waals surface area contributed by atoms with Crippen LogP contribution < -0.4 is 5.32 Å². The van der Waals surface area contributed by atoms with Gasteiger partial charge >= 0.3 is 0 Å². The molecule has 0 heterocycles. The van der Waals surface area contributed by atoms with E-state index in [9.17, 15) is 0 Å². The maximum absolute atomic E-state index is 5.61. The standard InChI is InChI=1S/C13H21NO/c1-11-5-7-12(8-6-11)14-9-10-15-13(2,3)4/h5-8,14H,9-10H2,1-4H3. The first-order valence-corrected chi connectivity index (χ1v) is 5.42. The Morgan fingerprint density at radius 2 is 1.73 bits per heavy atom. The minimum atomic E-state index is -0.0467. The lowest BCUT2D eigenvalue weighted by Gasteiger charge is -2.19. The highest BCUT2D eigenvalue weighted by Gasteiger charge is 2.08. The molecule has 15 heavy (non-hydrogen) atoms. The molecule has 0 saturated heterocycles. The van der Waals surface area contributed by atoms with Crippen LogP contribution in [0, 0.1) is 6.92 Å². The van der Waals surface area contributed by atoms with Crippen LogP contribution in [0.1, 0.15) is 26.3 Å². The average Bonchev–Trinajstić information content (AvgIpc) is 2.14. The third-order valence-corrected chi connectivity index (χ3v) is 2.02. The summed E-state index contributed by atoms with van der Waals surface area (Å²) in [5, 5.41) is 3.32. The molecular formula is C13H21NO. The number of ether oxygens (including phenoxy) is 1. The number of aryl methyl sites for hydroxylation is 1. The molecule has 84 valence electrons. The second-order valence-corrected chi connectivity index (χ2v) is 4.75. The van der Waals surface area contributed by atoms with Crippen LogP contribution in [-0.4, -0.2) is 18.8 Å². The van der Waals surface area contributed by atoms with Crippen LogP contribution in [0.5, 0.6) is 0 Å². The first-order chi connectivity index (χ1) is 6.97. The summed E-state index contributed by atoms with van der Waals surface area (Å²) < 4.78 is 5.61. The van der Waals surface area contributed by atoms with E-state index >= 15 is 0 Å². The van der Waals surface area contributed by atoms with Crippen LogP contribution >= 0.6 is 0 Å². The molecule has 0 aliphatic carbocycles. The zero-order chi connectivity index (χ0) is 11.3. The van der Waals surface area contributed by atoms with Gasteiger partial charge in [-0.15, -0.1) is 0 Å². The molecule has 0 bridgehead atoms. The third-order valence-electron chi connectivity index (χ3n) is 2.02. The van der Waals surface area contributed by atoms with Crippen molar-refractivity contribution < 1.29 is 4.74 Å². The van der Waals surface area contributed by atoms with E-state index in [2.05, 4.69) is 57.3 Å². The Balaban J connectivity index is 2.23. The van der Waals surface area contributed by atoms with Gasteiger partial charge in [0.15, 0.2) is 0 Å². The van der Waals surface area contributed by atoms with Gasteiger partial charge in [-0.3, -0.25) is 0 Å². The molecule has 0 saturated carbocycles. The van der Waals surface area contributed by atoms with Crippen LogP contribution in [-0.2, 0) is 4.74 Å². The van der Waals surface area contributed by atoms with E-state index in [1.54, 1.807) is 0 Å². The number of hydrogen-bond acceptors (Lipinski definition) is 2. The van der Waals surface area contributed by atoms with Crippen molar-refractivity contribution in [3.63, 3.8) is 0 Å². The molecule has 0 spiro atoms. The van der Waals surface area contributed by atoms with Gasteiger partial charge in [-0.05, 0) is 39.8 Å². The smallest absolute Gasteiger partial charge is 0.0646 e. The van der Waals surface area contributed by atoms with E-state index in [1.807, 2.05) is 0 Å². The molecule has 1 aromatic carbocycles. The summed E-state index contributed by atoms with van der Waals surface area (Å²) in [6.07, 6.45) is 0. The quantitative estimate of drug-likeness (QED) is 0.765. The van der Waals surface area contributed by atoms with Gasteiger partial charge in [0.25, 0.3) is 0 Å². The average molecular weight is 207 g/mol. The van der Waals surface area contributed by atoms with Gasteiger partial charge in [-0.25, -0.2) is 0 Å². The highest BCUT2D eigenvalue weighted by Crippen LogP contribution is 2.09. The summed E-state index contributed by atoms with van der Waals surface area (Å²) >= 11 is 0. The van der Waals surface area contributed by atoms with Crippen molar-refractivity contribution in [3.05, 3.63) is 29.8 Å². The zero-order valence-corrected chi connectivity index (χ0v) is 10.1. The minimum Gasteiger partial charge on any atom is -0.383 e. The Hall–Kier alpha value is -1.02. The van der Waals surface area contributed by atoms with Gasteiger partial charge < -0.3 is 10.1 Å². The molecule has 0 aliphatic heterocycles. The molecule has 2 nitrogen and oxygen atoms in total. The molecule has 0 fully saturated rings. The van der Waals surface area contributed by atoms with Gasteiger partial charge in [0.2, 0.25) is 0 Å². The zero-order valence-electron chi connectivity index (χ0n) is 10.1. The molecule has 2 heteroatoms. The molecule has 0 atom stereocenters. The van der Waals surface area contributed by atoms with Crippen molar-refractivity contribution in [2.24, 2.45) is 0 Å². The minimum absolute atomic E-state index is 0.0467. The largest absolute Gasteiger partial charge is 0.383 e. The summed E-state index contributed by atoms with van der Waals surface area (Å²) in [5.74, 6) is 0. The monoisotopic (exact) mass is 207 g/mol. The fraction of sp³-hybridized carbons (Fsp3) is 0.538. The van der Waals surface area contributed by atoms with Gasteiger partial charge in [0.05, 0.1) is 12.2 Å². The second kappa shape index (κ2) is 5.17. The van der Waals surface area contributed by atoms with E-state index in [0.29, 0.717) is 0 Å². The van der Waals surface area contributed by atoms with Gasteiger partial charge in [0, 0.05) is 12.2 Å². The summed E-state index contributed by atoms with van der Waals surface area (Å²) in [7, 11) is 0. The molecule has 0 radical (unpaired) electrons. The lowest BCUT2D eigenvalue weighted by Crippen LogP contribution is -2.23. The number of benzene rings is 1. The maximum Gasteiger partial charge on any atom is 0.0646 e. The maximum atomic E-state index is 5.61. The number of hydrogen-bond donors (Lipinski definition) is 1. The molecule has 0 aromatic heterocycles. The van der Waals surface area contributed by atoms with E-state index in [0.717, 1.165) is 18.8 Å². The summed E-state index contributed by atoms with van der Waals surface area (Å²) in [6.45, 7) is 9.88. The van der Waals surface area contributed by atoms with Gasteiger partial charge in [0.1, 0.15) is 0 Å². The van der Waals surface area contributed by atoms with Crippen LogP contribution in [0.3, 0.4) is 0 Å². The van der Waals surface area contributed by atoms with Crippen molar-refractivity contribution in [1.29, 1.82) is 0 Å². The van der Waals surface area contributed by atoms with Crippen LogP contribution in [0.2, 0.25) is 0 Å². The Morgan fingerprint density at radius 1 is 1.13 bits per heavy atom. The topological polar surface area (TPSA) is 21.3 Å². The van der Waals surface area contributed by atoms with Crippen molar-refractivity contribution in [3.8, 4) is 0 Å². The Labute approximate surface area is 92.6 Å². The first-order valence-electron chi connectivity index (χ1n) is 5.42. The van der Waals surface area contributed by atoms with Crippen molar-refractivity contribution in [1.82, 2.24) is 0 Å². The molecule has 0 unspecified atom stereocenters. The second-order valence-electron chi connectivity index (χ2n) is 4.75. The van der Waals surface area contributed by atoms with Crippen LogP contribution in [0.15, 0.2) is 24.3 Å². The van der Waals surface area contributed by atoms with Gasteiger partial charge in [-0.1, -0.05) is 17.7 Å². The van der Waals surface area contributed by atoms with Crippen LogP contribution in [0.25, 0.3) is 0 Å².